The number of nitrogens with zero attached hydrogens (tertiary/aromatic N) is 3. The number of thiazole rings is 1. The number of para-hydroxylation sites is 1. The monoisotopic (exact) mass is 423 g/mol. The van der Waals surface area contributed by atoms with Gasteiger partial charge in [-0.3, -0.25) is 9.69 Å². The van der Waals surface area contributed by atoms with E-state index in [0.717, 1.165) is 33.9 Å². The molecule has 0 saturated heterocycles. The lowest BCUT2D eigenvalue weighted by molar-refractivity contribution is 0.0986. The third-order valence-corrected chi connectivity index (χ3v) is 5.42. The van der Waals surface area contributed by atoms with E-state index in [1.165, 1.54) is 0 Å². The third kappa shape index (κ3) is 5.20. The zero-order valence-corrected chi connectivity index (χ0v) is 18.0. The van der Waals surface area contributed by atoms with Crippen LogP contribution in [0.4, 0.5) is 5.13 Å². The summed E-state index contributed by atoms with van der Waals surface area (Å²) in [7, 11) is 4.06. The van der Waals surface area contributed by atoms with Crippen LogP contribution < -0.4 is 4.90 Å². The van der Waals surface area contributed by atoms with E-state index in [9.17, 15) is 4.79 Å². The summed E-state index contributed by atoms with van der Waals surface area (Å²) < 4.78 is 1.09. The molecule has 0 fully saturated rings. The molecule has 0 N–H and O–H groups in total. The van der Waals surface area contributed by atoms with E-state index >= 15 is 0 Å². The van der Waals surface area contributed by atoms with Crippen molar-refractivity contribution >= 4 is 56.6 Å². The molecule has 0 spiro atoms. The zero-order valence-electron chi connectivity index (χ0n) is 15.6. The van der Waals surface area contributed by atoms with Crippen LogP contribution in [0.25, 0.3) is 10.2 Å². The Labute approximate surface area is 175 Å². The Balaban J connectivity index is 0.00000261. The summed E-state index contributed by atoms with van der Waals surface area (Å²) in [5.74, 6) is -0.0667. The molecule has 1 heterocycles. The Kier molecular flexibility index (Phi) is 7.62. The predicted molar refractivity (Wildman–Crippen MR) is 118 cm³/mol. The highest BCUT2D eigenvalue weighted by Crippen LogP contribution is 2.31. The van der Waals surface area contributed by atoms with Crippen LogP contribution in [0.2, 0.25) is 5.02 Å². The number of rotatable bonds is 6. The minimum Gasteiger partial charge on any atom is -0.309 e. The topological polar surface area (TPSA) is 36.4 Å². The van der Waals surface area contributed by atoms with Gasteiger partial charge in [-0.2, -0.15) is 0 Å². The summed E-state index contributed by atoms with van der Waals surface area (Å²) in [5.41, 5.74) is 2.66. The first-order valence-electron chi connectivity index (χ1n) is 8.54. The third-order valence-electron chi connectivity index (χ3n) is 4.14. The van der Waals surface area contributed by atoms with Crippen molar-refractivity contribution in [2.24, 2.45) is 0 Å². The highest BCUT2D eigenvalue weighted by Gasteiger charge is 2.21. The summed E-state index contributed by atoms with van der Waals surface area (Å²) in [5, 5.41) is 1.29. The van der Waals surface area contributed by atoms with E-state index in [2.05, 4.69) is 4.90 Å². The summed E-state index contributed by atoms with van der Waals surface area (Å²) in [6.07, 6.45) is 0.869. The maximum absolute atomic E-state index is 13.2. The van der Waals surface area contributed by atoms with Crippen molar-refractivity contribution in [2.75, 3.05) is 32.1 Å². The van der Waals surface area contributed by atoms with Crippen molar-refractivity contribution in [3.8, 4) is 0 Å². The molecule has 0 atom stereocenters. The van der Waals surface area contributed by atoms with E-state index in [-0.39, 0.29) is 18.3 Å². The van der Waals surface area contributed by atoms with Crippen LogP contribution in [-0.4, -0.2) is 43.0 Å². The summed E-state index contributed by atoms with van der Waals surface area (Å²) in [6.45, 7) is 3.56. The number of anilines is 1. The maximum Gasteiger partial charge on any atom is 0.260 e. The van der Waals surface area contributed by atoms with Gasteiger partial charge in [-0.05, 0) is 63.8 Å². The van der Waals surface area contributed by atoms with Crippen LogP contribution in [-0.2, 0) is 0 Å². The molecule has 2 aromatic carbocycles. The van der Waals surface area contributed by atoms with Gasteiger partial charge in [0.25, 0.3) is 5.91 Å². The molecular weight excluding hydrogens is 401 g/mol. The molecule has 0 radical (unpaired) electrons. The van der Waals surface area contributed by atoms with Crippen LogP contribution >= 0.6 is 35.3 Å². The van der Waals surface area contributed by atoms with Gasteiger partial charge in [0, 0.05) is 17.1 Å². The van der Waals surface area contributed by atoms with Crippen molar-refractivity contribution in [3.63, 3.8) is 0 Å². The summed E-state index contributed by atoms with van der Waals surface area (Å²) >= 11 is 7.63. The molecule has 1 aromatic heterocycles. The SMILES string of the molecule is Cc1cccc2sc(N(CCCN(C)C)C(=O)c3cccc(Cl)c3)nc12.Cl. The first-order valence-corrected chi connectivity index (χ1v) is 9.73. The number of carbonyl (C=O) groups is 1. The Bertz CT molecular complexity index is 926. The highest BCUT2D eigenvalue weighted by atomic mass is 35.5. The molecule has 3 rings (SSSR count). The van der Waals surface area contributed by atoms with Gasteiger partial charge in [0.15, 0.2) is 5.13 Å². The molecule has 0 bridgehead atoms. The highest BCUT2D eigenvalue weighted by molar-refractivity contribution is 7.22. The van der Waals surface area contributed by atoms with E-state index in [1.54, 1.807) is 40.5 Å². The normalized spacial score (nSPS) is 10.9. The number of hydrogen-bond donors (Lipinski definition) is 0. The fourth-order valence-electron chi connectivity index (χ4n) is 2.80. The molecule has 0 aliphatic heterocycles. The second-order valence-corrected chi connectivity index (χ2v) is 7.99. The van der Waals surface area contributed by atoms with E-state index in [0.29, 0.717) is 17.1 Å². The molecule has 27 heavy (non-hydrogen) atoms. The van der Waals surface area contributed by atoms with Crippen molar-refractivity contribution < 1.29 is 4.79 Å². The van der Waals surface area contributed by atoms with E-state index in [4.69, 9.17) is 16.6 Å². The van der Waals surface area contributed by atoms with Gasteiger partial charge in [-0.15, -0.1) is 12.4 Å². The Morgan fingerprint density at radius 3 is 2.56 bits per heavy atom. The molecule has 0 aliphatic carbocycles. The second-order valence-electron chi connectivity index (χ2n) is 6.54. The van der Waals surface area contributed by atoms with Crippen molar-refractivity contribution in [3.05, 3.63) is 58.6 Å². The molecule has 0 saturated carbocycles. The molecular formula is C20H23Cl2N3OS. The Morgan fingerprint density at radius 1 is 1.15 bits per heavy atom. The van der Waals surface area contributed by atoms with E-state index in [1.807, 2.05) is 39.2 Å². The quantitative estimate of drug-likeness (QED) is 0.540. The van der Waals surface area contributed by atoms with Crippen molar-refractivity contribution in [1.82, 2.24) is 9.88 Å². The number of benzene rings is 2. The number of amides is 1. The molecule has 0 aliphatic rings. The summed E-state index contributed by atoms with van der Waals surface area (Å²) in [4.78, 5) is 21.8. The fraction of sp³-hybridized carbons (Fsp3) is 0.300. The van der Waals surface area contributed by atoms with Gasteiger partial charge in [-0.25, -0.2) is 4.98 Å². The van der Waals surface area contributed by atoms with Gasteiger partial charge in [0.1, 0.15) is 0 Å². The largest absolute Gasteiger partial charge is 0.309 e. The van der Waals surface area contributed by atoms with Gasteiger partial charge in [0.05, 0.1) is 10.2 Å². The van der Waals surface area contributed by atoms with Crippen LogP contribution in [0.5, 0.6) is 0 Å². The molecule has 0 unspecified atom stereocenters. The molecule has 144 valence electrons. The Morgan fingerprint density at radius 2 is 1.89 bits per heavy atom. The van der Waals surface area contributed by atoms with Crippen LogP contribution in [0.1, 0.15) is 22.3 Å². The van der Waals surface area contributed by atoms with Crippen LogP contribution in [0.3, 0.4) is 0 Å². The number of fused-ring (bicyclic) bond motifs is 1. The zero-order chi connectivity index (χ0) is 18.7. The minimum absolute atomic E-state index is 0. The smallest absolute Gasteiger partial charge is 0.260 e. The molecule has 4 nitrogen and oxygen atoms in total. The number of hydrogen-bond acceptors (Lipinski definition) is 4. The van der Waals surface area contributed by atoms with Gasteiger partial charge < -0.3 is 4.90 Å². The average molecular weight is 424 g/mol. The molecule has 1 amide bonds. The lowest BCUT2D eigenvalue weighted by Gasteiger charge is -2.21. The lowest BCUT2D eigenvalue weighted by Crippen LogP contribution is -2.33. The average Bonchev–Trinajstić information content (AvgIpc) is 3.03. The van der Waals surface area contributed by atoms with Crippen molar-refractivity contribution in [2.45, 2.75) is 13.3 Å². The van der Waals surface area contributed by atoms with Gasteiger partial charge in [-0.1, -0.05) is 41.1 Å². The molecule has 3 aromatic rings. The standard InChI is InChI=1S/C20H22ClN3OS.ClH/c1-14-7-4-10-17-18(14)22-20(26-17)24(12-6-11-23(2)3)19(25)15-8-5-9-16(21)13-15;/h4-5,7-10,13H,6,11-12H2,1-3H3;1H. The minimum atomic E-state index is -0.0667. The first-order chi connectivity index (χ1) is 12.5. The number of aromatic nitrogens is 1. The number of aryl methyl sites for hydroxylation is 1. The van der Waals surface area contributed by atoms with Gasteiger partial charge in [0.2, 0.25) is 0 Å². The number of halogens is 2. The van der Waals surface area contributed by atoms with Gasteiger partial charge >= 0.3 is 0 Å². The fourth-order valence-corrected chi connectivity index (χ4v) is 4.05. The predicted octanol–water partition coefficient (Wildman–Crippen LogP) is 5.28. The number of carbonyl (C=O) groups excluding carboxylic acids is 1. The van der Waals surface area contributed by atoms with Crippen molar-refractivity contribution in [1.29, 1.82) is 0 Å². The first kappa shape index (κ1) is 21.6. The molecule has 7 heteroatoms. The summed E-state index contributed by atoms with van der Waals surface area (Å²) in [6, 6.07) is 13.2. The lowest BCUT2D eigenvalue weighted by atomic mass is 10.2. The van der Waals surface area contributed by atoms with E-state index < -0.39 is 0 Å². The van der Waals surface area contributed by atoms with Crippen LogP contribution in [0.15, 0.2) is 42.5 Å². The second kappa shape index (κ2) is 9.51. The maximum atomic E-state index is 13.2. The Hall–Kier alpha value is -1.66. The van der Waals surface area contributed by atoms with Crippen LogP contribution in [0, 0.1) is 6.92 Å².